The number of hydrogen-bond donors (Lipinski definition) is 0. The van der Waals surface area contributed by atoms with E-state index < -0.39 is 0 Å². The Morgan fingerprint density at radius 2 is 2.33 bits per heavy atom. The molecule has 0 aromatic carbocycles. The van der Waals surface area contributed by atoms with Gasteiger partial charge in [-0.15, -0.1) is 11.3 Å². The number of hydrogen-bond acceptors (Lipinski definition) is 4. The van der Waals surface area contributed by atoms with Crippen LogP contribution in [0.25, 0.3) is 0 Å². The topological polar surface area (TPSA) is 38.9 Å². The highest BCUT2D eigenvalue weighted by Crippen LogP contribution is 2.22. The van der Waals surface area contributed by atoms with Crippen LogP contribution in [0.5, 0.6) is 0 Å². The summed E-state index contributed by atoms with van der Waals surface area (Å²) >= 11 is 1.58. The van der Waals surface area contributed by atoms with Crippen molar-refractivity contribution in [3.63, 3.8) is 0 Å². The molecule has 0 aliphatic rings. The van der Waals surface area contributed by atoms with Crippen molar-refractivity contribution >= 4 is 11.3 Å². The summed E-state index contributed by atoms with van der Waals surface area (Å²) in [7, 11) is 0. The van der Waals surface area contributed by atoms with Crippen LogP contribution in [0.3, 0.4) is 0 Å². The fraction of sp³-hybridized carbons (Fsp3) is 0.125. The molecule has 0 aliphatic heterocycles. The first kappa shape index (κ1) is 7.49. The summed E-state index contributed by atoms with van der Waals surface area (Å²) < 4.78 is 5.14. The fourth-order valence-corrected chi connectivity index (χ4v) is 1.55. The minimum Gasteiger partial charge on any atom is -0.448 e. The van der Waals surface area contributed by atoms with Gasteiger partial charge in [0.2, 0.25) is 5.89 Å². The van der Waals surface area contributed by atoms with E-state index in [0.717, 1.165) is 10.9 Å². The Hall–Kier alpha value is -1.16. The van der Waals surface area contributed by atoms with Crippen molar-refractivity contribution in [1.29, 1.82) is 0 Å². The van der Waals surface area contributed by atoms with E-state index in [0.29, 0.717) is 5.89 Å². The normalized spacial score (nSPS) is 10.8. The molecule has 0 unspecified atom stereocenters. The average molecular weight is 179 g/mol. The molecule has 1 radical (unpaired) electrons. The van der Waals surface area contributed by atoms with Crippen molar-refractivity contribution < 1.29 is 4.42 Å². The molecule has 2 heterocycles. The second-order valence-electron chi connectivity index (χ2n) is 2.30. The second-order valence-corrected chi connectivity index (χ2v) is 3.19. The zero-order valence-electron chi connectivity index (χ0n) is 6.52. The minimum atomic E-state index is 0.643. The van der Waals surface area contributed by atoms with E-state index in [2.05, 4.69) is 9.97 Å². The lowest BCUT2D eigenvalue weighted by Crippen LogP contribution is -1.95. The lowest BCUT2D eigenvalue weighted by Gasteiger charge is -1.99. The van der Waals surface area contributed by atoms with Gasteiger partial charge in [-0.1, -0.05) is 0 Å². The van der Waals surface area contributed by atoms with Crippen molar-refractivity contribution in [2.45, 2.75) is 6.92 Å². The zero-order chi connectivity index (χ0) is 8.39. The lowest BCUT2D eigenvalue weighted by atomic mass is 10.2. The first-order valence-corrected chi connectivity index (χ1v) is 4.39. The molecule has 61 valence electrons. The lowest BCUT2D eigenvalue weighted by molar-refractivity contribution is 0.517. The van der Waals surface area contributed by atoms with Crippen molar-refractivity contribution in [2.75, 3.05) is 0 Å². The summed E-state index contributed by atoms with van der Waals surface area (Å²) in [4.78, 5) is 8.19. The summed E-state index contributed by atoms with van der Waals surface area (Å²) in [5.74, 6) is 1.62. The molecule has 2 aromatic heterocycles. The Morgan fingerprint density at radius 3 is 2.92 bits per heavy atom. The van der Waals surface area contributed by atoms with Gasteiger partial charge >= 0.3 is 0 Å². The second kappa shape index (κ2) is 3.06. The van der Waals surface area contributed by atoms with Crippen LogP contribution in [0, 0.1) is 5.92 Å². The van der Waals surface area contributed by atoms with Crippen LogP contribution in [0.4, 0.5) is 0 Å². The number of rotatable bonds is 2. The van der Waals surface area contributed by atoms with Crippen molar-refractivity contribution in [2.24, 2.45) is 0 Å². The third-order valence-electron chi connectivity index (χ3n) is 1.51. The van der Waals surface area contributed by atoms with Gasteiger partial charge in [-0.3, -0.25) is 0 Å². The highest BCUT2D eigenvalue weighted by atomic mass is 32.1. The summed E-state index contributed by atoms with van der Waals surface area (Å²) in [6, 6.07) is 0. The van der Waals surface area contributed by atoms with E-state index in [4.69, 9.17) is 4.42 Å². The summed E-state index contributed by atoms with van der Waals surface area (Å²) in [5.41, 5.74) is 0. The molecule has 2 aromatic rings. The van der Waals surface area contributed by atoms with E-state index in [1.807, 2.05) is 12.3 Å². The highest BCUT2D eigenvalue weighted by molar-refractivity contribution is 7.09. The number of oxazole rings is 1. The zero-order valence-corrected chi connectivity index (χ0v) is 7.34. The smallest absolute Gasteiger partial charge is 0.208 e. The number of thiazole rings is 1. The van der Waals surface area contributed by atoms with Crippen molar-refractivity contribution in [3.8, 4) is 0 Å². The molecule has 0 bridgehead atoms. The molecule has 0 fully saturated rings. The van der Waals surface area contributed by atoms with Crippen LogP contribution in [-0.2, 0) is 0 Å². The first-order chi connectivity index (χ1) is 5.88. The maximum absolute atomic E-state index is 5.14. The maximum atomic E-state index is 5.14. The van der Waals surface area contributed by atoms with Gasteiger partial charge in [-0.05, 0) is 6.92 Å². The van der Waals surface area contributed by atoms with Crippen molar-refractivity contribution in [3.05, 3.63) is 40.9 Å². The molecule has 0 saturated heterocycles. The van der Waals surface area contributed by atoms with E-state index in [-0.39, 0.29) is 0 Å². The Labute approximate surface area is 74.1 Å². The predicted molar refractivity (Wildman–Crippen MR) is 45.7 cm³/mol. The van der Waals surface area contributed by atoms with Crippen LogP contribution in [0.2, 0.25) is 0 Å². The quantitative estimate of drug-likeness (QED) is 0.708. The van der Waals surface area contributed by atoms with E-state index in [1.165, 1.54) is 0 Å². The molecule has 2 rings (SSSR count). The third-order valence-corrected chi connectivity index (χ3v) is 2.40. The molecular formula is C8H7N2OS. The fourth-order valence-electron chi connectivity index (χ4n) is 0.909. The predicted octanol–water partition coefficient (Wildman–Crippen LogP) is 2.12. The first-order valence-electron chi connectivity index (χ1n) is 3.51. The molecule has 0 spiro atoms. The van der Waals surface area contributed by atoms with Gasteiger partial charge in [-0.2, -0.15) is 0 Å². The van der Waals surface area contributed by atoms with Crippen molar-refractivity contribution in [1.82, 2.24) is 9.97 Å². The van der Waals surface area contributed by atoms with Gasteiger partial charge in [0.25, 0.3) is 0 Å². The minimum absolute atomic E-state index is 0.643. The average Bonchev–Trinajstić information content (AvgIpc) is 2.77. The Morgan fingerprint density at radius 1 is 1.42 bits per heavy atom. The van der Waals surface area contributed by atoms with E-state index in [9.17, 15) is 0 Å². The molecule has 0 saturated carbocycles. The SMILES string of the molecule is C[C](c1ncco1)c1nccs1. The molecule has 0 N–H and O–H groups in total. The number of aromatic nitrogens is 2. The molecule has 0 atom stereocenters. The van der Waals surface area contributed by atoms with Crippen LogP contribution in [0.1, 0.15) is 17.8 Å². The van der Waals surface area contributed by atoms with Gasteiger partial charge in [0.05, 0.1) is 6.20 Å². The highest BCUT2D eigenvalue weighted by Gasteiger charge is 2.15. The Balaban J connectivity index is 2.27. The maximum Gasteiger partial charge on any atom is 0.208 e. The van der Waals surface area contributed by atoms with Gasteiger partial charge in [0.1, 0.15) is 17.2 Å². The van der Waals surface area contributed by atoms with E-state index in [1.54, 1.807) is 30.0 Å². The monoisotopic (exact) mass is 179 g/mol. The molecule has 0 aliphatic carbocycles. The molecule has 0 amide bonds. The van der Waals surface area contributed by atoms with Gasteiger partial charge in [0, 0.05) is 11.6 Å². The van der Waals surface area contributed by atoms with Gasteiger partial charge in [0.15, 0.2) is 0 Å². The Kier molecular flexibility index (Phi) is 1.91. The standard InChI is InChI=1S/C8H7N2OS/c1-6(7-9-2-4-11-7)8-10-3-5-12-8/h2-5H,1H3. The Bertz CT molecular complexity index is 294. The van der Waals surface area contributed by atoms with Crippen LogP contribution in [0.15, 0.2) is 28.5 Å². The molecule has 12 heavy (non-hydrogen) atoms. The molecule has 3 nitrogen and oxygen atoms in total. The summed E-state index contributed by atoms with van der Waals surface area (Å²) in [6.07, 6.45) is 4.96. The van der Waals surface area contributed by atoms with Crippen LogP contribution in [-0.4, -0.2) is 9.97 Å². The van der Waals surface area contributed by atoms with Crippen LogP contribution < -0.4 is 0 Å². The largest absolute Gasteiger partial charge is 0.448 e. The molecular weight excluding hydrogens is 172 g/mol. The summed E-state index contributed by atoms with van der Waals surface area (Å²) in [6.45, 7) is 1.95. The van der Waals surface area contributed by atoms with E-state index >= 15 is 0 Å². The number of nitrogens with zero attached hydrogens (tertiary/aromatic N) is 2. The van der Waals surface area contributed by atoms with Crippen LogP contribution >= 0.6 is 11.3 Å². The third kappa shape index (κ3) is 1.25. The van der Waals surface area contributed by atoms with Gasteiger partial charge in [-0.25, -0.2) is 9.97 Å². The van der Waals surface area contributed by atoms with Gasteiger partial charge < -0.3 is 4.42 Å². The summed E-state index contributed by atoms with van der Waals surface area (Å²) in [5, 5.41) is 2.89. The molecule has 4 heteroatoms.